The van der Waals surface area contributed by atoms with Gasteiger partial charge >= 0.3 is 25.2 Å². The molecule has 1 saturated heterocycles. The van der Waals surface area contributed by atoms with E-state index in [4.69, 9.17) is 14.2 Å². The number of halogens is 4. The van der Waals surface area contributed by atoms with Crippen molar-refractivity contribution < 1.29 is 83.3 Å². The van der Waals surface area contributed by atoms with Gasteiger partial charge in [-0.05, 0) is 27.7 Å². The summed E-state index contributed by atoms with van der Waals surface area (Å²) in [5.41, 5.74) is 1.32. The van der Waals surface area contributed by atoms with Crippen LogP contribution in [0.1, 0.15) is 27.7 Å². The Morgan fingerprint density at radius 2 is 1.41 bits per heavy atom. The van der Waals surface area contributed by atoms with Gasteiger partial charge in [0.05, 0.1) is 37.2 Å². The average molecular weight is 514 g/mol. The van der Waals surface area contributed by atoms with E-state index in [9.17, 15) is 5.39 Å². The summed E-state index contributed by atoms with van der Waals surface area (Å²) in [6.45, 7) is 10.8. The van der Waals surface area contributed by atoms with Gasteiger partial charge in [-0.25, -0.2) is 0 Å². The quantitative estimate of drug-likeness (QED) is 0.289. The molecule has 1 aliphatic heterocycles. The summed E-state index contributed by atoms with van der Waals surface area (Å²) in [6, 6.07) is 3.61. The van der Waals surface area contributed by atoms with Crippen LogP contribution >= 0.6 is 0 Å². The number of diazo groups is 1. The Kier molecular flexibility index (Phi) is 21.2. The summed E-state index contributed by atoms with van der Waals surface area (Å²) in [4.78, 5) is 5.53. The van der Waals surface area contributed by atoms with E-state index in [0.717, 1.165) is 18.8 Å². The molecule has 0 unspecified atom stereocenters. The topological polar surface area (TPSA) is 59.1 Å². The van der Waals surface area contributed by atoms with Gasteiger partial charge in [0.1, 0.15) is 0 Å². The zero-order chi connectivity index (χ0) is 16.1. The SMILES string of the molecule is CC(C)Oc1cc(N2CCOCC2)c(OC(C)C)cc1[N+]#N.[Cl-].[Cl-].[Cl-].[Cl-].[Zn+2]. The fraction of sp³-hybridized carbons (Fsp3) is 0.625. The smallest absolute Gasteiger partial charge is 1.00 e. The second-order valence-corrected chi connectivity index (χ2v) is 5.82. The van der Waals surface area contributed by atoms with Crippen LogP contribution in [0.3, 0.4) is 0 Å². The molecule has 0 atom stereocenters. The van der Waals surface area contributed by atoms with Crippen LogP contribution in [0.15, 0.2) is 12.1 Å². The number of ether oxygens (including phenoxy) is 3. The van der Waals surface area contributed by atoms with E-state index in [1.807, 2.05) is 33.8 Å². The predicted molar refractivity (Wildman–Crippen MR) is 85.7 cm³/mol. The van der Waals surface area contributed by atoms with E-state index in [-0.39, 0.29) is 81.3 Å². The van der Waals surface area contributed by atoms with E-state index in [0.29, 0.717) is 30.4 Å². The zero-order valence-electron chi connectivity index (χ0n) is 15.9. The van der Waals surface area contributed by atoms with Crippen LogP contribution in [0.5, 0.6) is 11.5 Å². The second-order valence-electron chi connectivity index (χ2n) is 5.82. The van der Waals surface area contributed by atoms with E-state index in [2.05, 4.69) is 9.88 Å². The molecule has 1 fully saturated rings. The minimum atomic E-state index is -0.00472. The van der Waals surface area contributed by atoms with Crippen molar-refractivity contribution in [1.82, 2.24) is 0 Å². The Labute approximate surface area is 199 Å². The first-order valence-electron chi connectivity index (χ1n) is 7.70. The van der Waals surface area contributed by atoms with Crippen LogP contribution in [0.4, 0.5) is 11.4 Å². The molecule has 0 spiro atoms. The first kappa shape index (κ1) is 34.3. The van der Waals surface area contributed by atoms with Gasteiger partial charge in [-0.3, -0.25) is 0 Å². The van der Waals surface area contributed by atoms with Crippen LogP contribution in [0.2, 0.25) is 0 Å². The summed E-state index contributed by atoms with van der Waals surface area (Å²) in [7, 11) is 0. The van der Waals surface area contributed by atoms with Crippen LogP contribution < -0.4 is 64.0 Å². The van der Waals surface area contributed by atoms with Gasteiger partial charge in [-0.2, -0.15) is 0 Å². The largest absolute Gasteiger partial charge is 2.00 e. The van der Waals surface area contributed by atoms with Gasteiger partial charge in [0, 0.05) is 19.2 Å². The van der Waals surface area contributed by atoms with Crippen molar-refractivity contribution in [3.63, 3.8) is 0 Å². The van der Waals surface area contributed by atoms with Gasteiger partial charge in [0.25, 0.3) is 0 Å². The molecule has 6 nitrogen and oxygen atoms in total. The third-order valence-electron chi connectivity index (χ3n) is 3.23. The molecule has 0 aliphatic carbocycles. The van der Waals surface area contributed by atoms with Crippen molar-refractivity contribution in [2.75, 3.05) is 31.2 Å². The van der Waals surface area contributed by atoms with Crippen LogP contribution in [-0.4, -0.2) is 38.5 Å². The van der Waals surface area contributed by atoms with Crippen molar-refractivity contribution in [3.05, 3.63) is 17.1 Å². The molecule has 1 aliphatic rings. The molecule has 0 saturated carbocycles. The Bertz CT molecular complexity index is 569. The summed E-state index contributed by atoms with van der Waals surface area (Å²) in [5, 5.41) is 9.25. The maximum Gasteiger partial charge on any atom is 2.00 e. The molecule has 1 aromatic rings. The number of rotatable bonds is 5. The number of hydrogen-bond acceptors (Lipinski definition) is 5. The fourth-order valence-electron chi connectivity index (χ4n) is 2.36. The van der Waals surface area contributed by atoms with Crippen molar-refractivity contribution in [1.29, 1.82) is 5.39 Å². The average Bonchev–Trinajstić information content (AvgIpc) is 2.48. The predicted octanol–water partition coefficient (Wildman–Crippen LogP) is -8.40. The van der Waals surface area contributed by atoms with Crippen LogP contribution in [0.25, 0.3) is 4.98 Å². The molecule has 1 heterocycles. The number of morpholine rings is 1. The van der Waals surface area contributed by atoms with Gasteiger partial charge < -0.3 is 68.7 Å². The number of nitrogens with zero attached hydrogens (tertiary/aromatic N) is 3. The first-order valence-corrected chi connectivity index (χ1v) is 7.70. The third-order valence-corrected chi connectivity index (χ3v) is 3.23. The van der Waals surface area contributed by atoms with Crippen molar-refractivity contribution in [3.8, 4) is 11.5 Å². The van der Waals surface area contributed by atoms with Crippen molar-refractivity contribution in [2.45, 2.75) is 39.9 Å². The van der Waals surface area contributed by atoms with Crippen molar-refractivity contribution in [2.24, 2.45) is 0 Å². The molecule has 27 heavy (non-hydrogen) atoms. The monoisotopic (exact) mass is 510 g/mol. The van der Waals surface area contributed by atoms with Gasteiger partial charge in [-0.1, -0.05) is 0 Å². The fourth-order valence-corrected chi connectivity index (χ4v) is 2.36. The number of anilines is 1. The van der Waals surface area contributed by atoms with Gasteiger partial charge in [0.15, 0.2) is 10.7 Å². The van der Waals surface area contributed by atoms with E-state index >= 15 is 0 Å². The Morgan fingerprint density at radius 1 is 0.926 bits per heavy atom. The molecule has 0 N–H and O–H groups in total. The molecular weight excluding hydrogens is 489 g/mol. The first-order chi connectivity index (χ1) is 10.5. The third kappa shape index (κ3) is 10.2. The molecule has 11 heteroatoms. The minimum Gasteiger partial charge on any atom is -1.00 e. The maximum absolute atomic E-state index is 9.25. The Balaban J connectivity index is -0.000000529. The maximum atomic E-state index is 9.25. The molecular formula is C16H24Cl4N3O3Zn-. The van der Waals surface area contributed by atoms with Crippen LogP contribution in [-0.2, 0) is 24.2 Å². The second kappa shape index (κ2) is 16.7. The number of benzene rings is 1. The van der Waals surface area contributed by atoms with Crippen molar-refractivity contribution >= 4 is 11.4 Å². The minimum absolute atomic E-state index is 0. The molecule has 152 valence electrons. The molecule has 0 aromatic heterocycles. The molecule has 1 aromatic carbocycles. The normalized spacial score (nSPS) is 12.3. The van der Waals surface area contributed by atoms with Gasteiger partial charge in [-0.15, -0.1) is 0 Å². The molecule has 0 radical (unpaired) electrons. The van der Waals surface area contributed by atoms with E-state index in [1.54, 1.807) is 6.07 Å². The summed E-state index contributed by atoms with van der Waals surface area (Å²) < 4.78 is 17.1. The molecule has 2 rings (SSSR count). The van der Waals surface area contributed by atoms with Crippen LogP contribution in [0, 0.1) is 5.39 Å². The molecule has 0 amide bonds. The zero-order valence-corrected chi connectivity index (χ0v) is 21.9. The molecule has 0 bridgehead atoms. The Hall–Kier alpha value is -0.217. The Morgan fingerprint density at radius 3 is 1.85 bits per heavy atom. The van der Waals surface area contributed by atoms with E-state index in [1.165, 1.54) is 0 Å². The summed E-state index contributed by atoms with van der Waals surface area (Å²) in [6.07, 6.45) is 0.0260. The summed E-state index contributed by atoms with van der Waals surface area (Å²) in [5.74, 6) is 1.25. The van der Waals surface area contributed by atoms with Gasteiger partial charge in [0.2, 0.25) is 11.1 Å². The summed E-state index contributed by atoms with van der Waals surface area (Å²) >= 11 is 0. The number of hydrogen-bond donors (Lipinski definition) is 0. The standard InChI is InChI=1S/C16H24N3O3.4ClH.Zn/c1-11(2)21-15-10-14(19-5-7-20-8-6-19)16(22-12(3)4)9-13(15)18-17;;;;;/h9-12H,5-8H2,1-4H3;4*1H;/q+1;;;;;+2/p-4. The van der Waals surface area contributed by atoms with E-state index < -0.39 is 0 Å².